The van der Waals surface area contributed by atoms with Gasteiger partial charge in [0.05, 0.1) is 12.2 Å². The molecule has 7 atom stereocenters. The first kappa shape index (κ1) is 27.4. The van der Waals surface area contributed by atoms with Gasteiger partial charge in [-0.15, -0.1) is 0 Å². The van der Waals surface area contributed by atoms with Crippen LogP contribution in [-0.4, -0.2) is 92.6 Å². The fraction of sp³-hybridized carbons (Fsp3) is 0.857. The molecule has 0 aromatic heterocycles. The lowest BCUT2D eigenvalue weighted by Gasteiger charge is -2.44. The number of carbonyl (C=O) groups excluding carboxylic acids is 2. The lowest BCUT2D eigenvalue weighted by Crippen LogP contribution is -2.57. The molecule has 2 heterocycles. The van der Waals surface area contributed by atoms with Crippen LogP contribution in [0.2, 0.25) is 0 Å². The number of rotatable bonds is 8. The van der Waals surface area contributed by atoms with Gasteiger partial charge in [0.1, 0.15) is 18.2 Å². The van der Waals surface area contributed by atoms with Gasteiger partial charge >= 0.3 is 6.09 Å². The lowest BCUT2D eigenvalue weighted by atomic mass is 9.67. The van der Waals surface area contributed by atoms with Gasteiger partial charge in [0, 0.05) is 39.2 Å². The van der Waals surface area contributed by atoms with Gasteiger partial charge in [-0.2, -0.15) is 0 Å². The van der Waals surface area contributed by atoms with Crippen molar-refractivity contribution < 1.29 is 23.8 Å². The maximum Gasteiger partial charge on any atom is 0.408 e. The van der Waals surface area contributed by atoms with E-state index >= 15 is 0 Å². The number of ether oxygens (including phenoxy) is 3. The zero-order chi connectivity index (χ0) is 26.3. The summed E-state index contributed by atoms with van der Waals surface area (Å²) < 4.78 is 18.1. The van der Waals surface area contributed by atoms with Crippen molar-refractivity contribution in [3.63, 3.8) is 0 Å². The molecule has 8 heteroatoms. The third-order valence-corrected chi connectivity index (χ3v) is 9.16. The van der Waals surface area contributed by atoms with Crippen molar-refractivity contribution in [1.82, 2.24) is 15.1 Å². The van der Waals surface area contributed by atoms with E-state index in [1.165, 1.54) is 5.57 Å². The van der Waals surface area contributed by atoms with Gasteiger partial charge < -0.3 is 29.3 Å². The van der Waals surface area contributed by atoms with E-state index in [0.717, 1.165) is 39.0 Å². The number of allylic oxidation sites excluding steroid dienone is 2. The van der Waals surface area contributed by atoms with Crippen molar-refractivity contribution in [2.45, 2.75) is 84.2 Å². The van der Waals surface area contributed by atoms with Gasteiger partial charge in [-0.1, -0.05) is 32.4 Å². The van der Waals surface area contributed by atoms with Gasteiger partial charge in [-0.05, 0) is 63.8 Å². The molecular formula is C28H47N3O5. The molecule has 4 fully saturated rings. The molecule has 2 saturated heterocycles. The van der Waals surface area contributed by atoms with Crippen molar-refractivity contribution in [3.05, 3.63) is 11.6 Å². The summed E-state index contributed by atoms with van der Waals surface area (Å²) in [6.45, 7) is 14.4. The molecule has 4 rings (SSSR count). The number of alkyl carbamates (subject to hydrolysis) is 1. The molecule has 1 spiro atoms. The molecule has 2 amide bonds. The number of nitrogens with zero attached hydrogens (tertiary/aromatic N) is 2. The van der Waals surface area contributed by atoms with E-state index in [4.69, 9.17) is 14.2 Å². The largest absolute Gasteiger partial charge is 0.443 e. The third-order valence-electron chi connectivity index (χ3n) is 9.16. The van der Waals surface area contributed by atoms with Crippen molar-refractivity contribution in [2.75, 3.05) is 46.9 Å². The van der Waals surface area contributed by atoms with Crippen LogP contribution < -0.4 is 5.32 Å². The molecule has 0 aromatic rings. The molecule has 4 aliphatic rings. The summed E-state index contributed by atoms with van der Waals surface area (Å²) >= 11 is 0. The third kappa shape index (κ3) is 5.60. The zero-order valence-electron chi connectivity index (χ0n) is 23.3. The summed E-state index contributed by atoms with van der Waals surface area (Å²) in [5, 5.41) is 2.90. The van der Waals surface area contributed by atoms with Crippen molar-refractivity contribution in [1.29, 1.82) is 0 Å². The highest BCUT2D eigenvalue weighted by Gasteiger charge is 2.70. The minimum Gasteiger partial charge on any atom is -0.443 e. The molecule has 204 valence electrons. The number of likely N-dealkylation sites (N-methyl/N-ethyl adjacent to an activating group) is 1. The summed E-state index contributed by atoms with van der Waals surface area (Å²) in [5.74, 6) is 0.712. The monoisotopic (exact) mass is 505 g/mol. The van der Waals surface area contributed by atoms with E-state index in [0.29, 0.717) is 25.4 Å². The summed E-state index contributed by atoms with van der Waals surface area (Å²) in [5.41, 5.74) is 1.31. The SMILES string of the molecule is CO[C@@H]1[C@H](OC(=O)N[C@@H](C(=O)N2CCN(C)CC2)C(C)C)CC[C@]2(CO2)[C@H]1[C@@]1(C)C[C@@H]1CC=C(C)C. The van der Waals surface area contributed by atoms with Crippen molar-refractivity contribution in [3.8, 4) is 0 Å². The van der Waals surface area contributed by atoms with Crippen molar-refractivity contribution >= 4 is 12.0 Å². The first-order chi connectivity index (χ1) is 17.0. The predicted molar refractivity (Wildman–Crippen MR) is 139 cm³/mol. The molecule has 2 aliphatic heterocycles. The summed E-state index contributed by atoms with van der Waals surface area (Å²) in [6.07, 6.45) is 4.99. The smallest absolute Gasteiger partial charge is 0.408 e. The second-order valence-corrected chi connectivity index (χ2v) is 12.4. The number of piperazine rings is 1. The first-order valence-corrected chi connectivity index (χ1v) is 13.8. The van der Waals surface area contributed by atoms with Crippen LogP contribution in [0, 0.1) is 23.2 Å². The fourth-order valence-electron chi connectivity index (χ4n) is 6.65. The van der Waals surface area contributed by atoms with E-state index in [2.05, 4.69) is 44.1 Å². The number of carbonyl (C=O) groups is 2. The van der Waals surface area contributed by atoms with Gasteiger partial charge in [0.25, 0.3) is 0 Å². The number of hydrogen-bond acceptors (Lipinski definition) is 6. The van der Waals surface area contributed by atoms with Crippen LogP contribution >= 0.6 is 0 Å². The molecule has 0 unspecified atom stereocenters. The highest BCUT2D eigenvalue weighted by atomic mass is 16.6. The standard InChI is InChI=1S/C28H47N3O5/c1-18(2)8-9-20-16-27(20,5)24-23(34-7)21(10-11-28(24)17-35-28)36-26(33)29-22(19(3)4)25(32)31-14-12-30(6)13-15-31/h8,19-24H,9-17H2,1-7H3,(H,29,33)/t20-,21+,22+,23+,24+,27-,28-/m0/s1. The quantitative estimate of drug-likeness (QED) is 0.402. The Bertz CT molecular complexity index is 844. The van der Waals surface area contributed by atoms with Crippen LogP contribution in [0.4, 0.5) is 4.79 Å². The maximum absolute atomic E-state index is 13.2. The minimum atomic E-state index is -0.603. The molecule has 0 bridgehead atoms. The van der Waals surface area contributed by atoms with E-state index < -0.39 is 12.1 Å². The lowest BCUT2D eigenvalue weighted by molar-refractivity contribution is -0.136. The Morgan fingerprint density at radius 2 is 1.86 bits per heavy atom. The van der Waals surface area contributed by atoms with E-state index in [9.17, 15) is 9.59 Å². The minimum absolute atomic E-state index is 0.0298. The molecule has 2 aliphatic carbocycles. The molecule has 36 heavy (non-hydrogen) atoms. The maximum atomic E-state index is 13.2. The van der Waals surface area contributed by atoms with Crippen LogP contribution in [0.3, 0.4) is 0 Å². The van der Waals surface area contributed by atoms with Crippen LogP contribution in [0.5, 0.6) is 0 Å². The van der Waals surface area contributed by atoms with E-state index in [1.54, 1.807) is 7.11 Å². The van der Waals surface area contributed by atoms with Crippen LogP contribution in [0.15, 0.2) is 11.6 Å². The Morgan fingerprint density at radius 3 is 2.42 bits per heavy atom. The molecule has 0 radical (unpaired) electrons. The number of methoxy groups -OCH3 is 1. The van der Waals surface area contributed by atoms with Crippen LogP contribution in [0.25, 0.3) is 0 Å². The van der Waals surface area contributed by atoms with Gasteiger partial charge in [0.2, 0.25) is 5.91 Å². The fourth-order valence-corrected chi connectivity index (χ4v) is 6.65. The second kappa shape index (κ2) is 10.6. The van der Waals surface area contributed by atoms with Crippen LogP contribution in [-0.2, 0) is 19.0 Å². The Labute approximate surface area is 217 Å². The number of epoxide rings is 1. The number of nitrogens with one attached hydrogen (secondary N) is 1. The van der Waals surface area contributed by atoms with E-state index in [-0.39, 0.29) is 41.0 Å². The highest BCUT2D eigenvalue weighted by molar-refractivity contribution is 5.86. The average molecular weight is 506 g/mol. The number of amides is 2. The van der Waals surface area contributed by atoms with Gasteiger partial charge in [-0.3, -0.25) is 4.79 Å². The predicted octanol–water partition coefficient (Wildman–Crippen LogP) is 3.46. The normalized spacial score (nSPS) is 36.9. The molecule has 1 N–H and O–H groups in total. The Kier molecular flexibility index (Phi) is 8.08. The molecular weight excluding hydrogens is 458 g/mol. The Hall–Kier alpha value is -1.64. The topological polar surface area (TPSA) is 83.6 Å². The highest BCUT2D eigenvalue weighted by Crippen LogP contribution is 2.68. The van der Waals surface area contributed by atoms with E-state index in [1.807, 2.05) is 18.7 Å². The molecule has 8 nitrogen and oxygen atoms in total. The summed E-state index contributed by atoms with van der Waals surface area (Å²) in [6, 6.07) is -0.603. The van der Waals surface area contributed by atoms with Gasteiger partial charge in [-0.25, -0.2) is 4.79 Å². The molecule has 0 aromatic carbocycles. The second-order valence-electron chi connectivity index (χ2n) is 12.4. The average Bonchev–Trinajstić information content (AvgIpc) is 3.74. The Morgan fingerprint density at radius 1 is 1.19 bits per heavy atom. The Balaban J connectivity index is 1.41. The van der Waals surface area contributed by atoms with Crippen LogP contribution in [0.1, 0.15) is 60.3 Å². The number of hydrogen-bond donors (Lipinski definition) is 1. The summed E-state index contributed by atoms with van der Waals surface area (Å²) in [7, 11) is 3.78. The zero-order valence-corrected chi connectivity index (χ0v) is 23.3. The molecule has 2 saturated carbocycles. The summed E-state index contributed by atoms with van der Waals surface area (Å²) in [4.78, 5) is 30.4. The first-order valence-electron chi connectivity index (χ1n) is 13.8. The van der Waals surface area contributed by atoms with Gasteiger partial charge in [0.15, 0.2) is 0 Å². The van der Waals surface area contributed by atoms with Crippen molar-refractivity contribution in [2.24, 2.45) is 23.2 Å².